The fraction of sp³-hybridized carbons (Fsp3) is 0.0625. The van der Waals surface area contributed by atoms with Crippen LogP contribution in [0.4, 0.5) is 16.2 Å². The van der Waals surface area contributed by atoms with Gasteiger partial charge in [-0.25, -0.2) is 17.9 Å². The summed E-state index contributed by atoms with van der Waals surface area (Å²) in [6.45, 7) is 3.60. The molecule has 0 spiro atoms. The summed E-state index contributed by atoms with van der Waals surface area (Å²) in [6.07, 6.45) is 1.45. The van der Waals surface area contributed by atoms with Crippen molar-refractivity contribution >= 4 is 39.0 Å². The van der Waals surface area contributed by atoms with Crippen molar-refractivity contribution in [2.24, 2.45) is 0 Å². The van der Waals surface area contributed by atoms with Crippen molar-refractivity contribution in [1.82, 2.24) is 4.72 Å². The van der Waals surface area contributed by atoms with Crippen molar-refractivity contribution in [3.63, 3.8) is 0 Å². The van der Waals surface area contributed by atoms with E-state index in [2.05, 4.69) is 21.9 Å². The van der Waals surface area contributed by atoms with Gasteiger partial charge in [-0.3, -0.25) is 0 Å². The molecule has 0 atom stereocenters. The first-order chi connectivity index (χ1) is 11.4. The van der Waals surface area contributed by atoms with Gasteiger partial charge in [-0.2, -0.15) is 0 Å². The Kier molecular flexibility index (Phi) is 5.97. The van der Waals surface area contributed by atoms with Gasteiger partial charge in [0.15, 0.2) is 0 Å². The molecule has 2 aromatic carbocycles. The number of carbonyl (C=O) groups excluding carboxylic acids is 1. The lowest BCUT2D eigenvalue weighted by atomic mass is 10.3. The Morgan fingerprint density at radius 1 is 1.00 bits per heavy atom. The third-order valence-electron chi connectivity index (χ3n) is 2.94. The van der Waals surface area contributed by atoms with Crippen LogP contribution >= 0.6 is 11.6 Å². The van der Waals surface area contributed by atoms with Crippen molar-refractivity contribution in [3.05, 3.63) is 66.2 Å². The normalized spacial score (nSPS) is 10.9. The van der Waals surface area contributed by atoms with Gasteiger partial charge >= 0.3 is 6.03 Å². The van der Waals surface area contributed by atoms with Crippen LogP contribution in [0.15, 0.2) is 66.1 Å². The number of benzene rings is 2. The van der Waals surface area contributed by atoms with Crippen LogP contribution in [-0.4, -0.2) is 21.0 Å². The minimum absolute atomic E-state index is 0.105. The van der Waals surface area contributed by atoms with Gasteiger partial charge in [0, 0.05) is 22.9 Å². The maximum absolute atomic E-state index is 11.9. The first-order valence-corrected chi connectivity index (χ1v) is 8.81. The topological polar surface area (TPSA) is 87.3 Å². The van der Waals surface area contributed by atoms with Crippen molar-refractivity contribution in [1.29, 1.82) is 0 Å². The number of carbonyl (C=O) groups is 1. The maximum atomic E-state index is 11.9. The maximum Gasteiger partial charge on any atom is 0.323 e. The zero-order valence-electron chi connectivity index (χ0n) is 12.6. The van der Waals surface area contributed by atoms with E-state index in [1.807, 2.05) is 0 Å². The first-order valence-electron chi connectivity index (χ1n) is 6.95. The molecule has 0 saturated carbocycles. The third-order valence-corrected chi connectivity index (χ3v) is 4.63. The zero-order valence-corrected chi connectivity index (χ0v) is 14.2. The molecule has 2 rings (SSSR count). The molecular formula is C16H16ClN3O3S. The molecule has 3 N–H and O–H groups in total. The molecule has 2 amide bonds. The average molecular weight is 366 g/mol. The van der Waals surface area contributed by atoms with E-state index in [-0.39, 0.29) is 11.4 Å². The molecule has 126 valence electrons. The molecule has 24 heavy (non-hydrogen) atoms. The second-order valence-corrected chi connectivity index (χ2v) is 6.95. The van der Waals surface area contributed by atoms with E-state index in [0.717, 1.165) is 0 Å². The van der Waals surface area contributed by atoms with Gasteiger partial charge in [-0.05, 0) is 48.5 Å². The summed E-state index contributed by atoms with van der Waals surface area (Å²) in [7, 11) is -3.58. The quantitative estimate of drug-likeness (QED) is 0.685. The number of halogens is 1. The lowest BCUT2D eigenvalue weighted by Gasteiger charge is -2.09. The fourth-order valence-electron chi connectivity index (χ4n) is 1.80. The monoisotopic (exact) mass is 365 g/mol. The van der Waals surface area contributed by atoms with E-state index >= 15 is 0 Å². The Hall–Kier alpha value is -2.35. The van der Waals surface area contributed by atoms with Gasteiger partial charge in [-0.1, -0.05) is 17.7 Å². The second kappa shape index (κ2) is 7.96. The summed E-state index contributed by atoms with van der Waals surface area (Å²) in [6, 6.07) is 12.0. The van der Waals surface area contributed by atoms with Crippen LogP contribution in [0.1, 0.15) is 0 Å². The van der Waals surface area contributed by atoms with E-state index in [0.29, 0.717) is 16.4 Å². The molecule has 0 fully saturated rings. The van der Waals surface area contributed by atoms with E-state index in [1.54, 1.807) is 24.3 Å². The molecular weight excluding hydrogens is 350 g/mol. The number of rotatable bonds is 6. The predicted octanol–water partition coefficient (Wildman–Crippen LogP) is 3.45. The summed E-state index contributed by atoms with van der Waals surface area (Å²) >= 11 is 5.77. The average Bonchev–Trinajstić information content (AvgIpc) is 2.55. The van der Waals surface area contributed by atoms with Gasteiger partial charge in [0.2, 0.25) is 10.0 Å². The molecule has 0 heterocycles. The molecule has 6 nitrogen and oxygen atoms in total. The van der Waals surface area contributed by atoms with Crippen LogP contribution in [0.2, 0.25) is 5.02 Å². The molecule has 0 radical (unpaired) electrons. The van der Waals surface area contributed by atoms with Gasteiger partial charge in [-0.15, -0.1) is 6.58 Å². The smallest absolute Gasteiger partial charge is 0.308 e. The van der Waals surface area contributed by atoms with Crippen LogP contribution in [0.5, 0.6) is 0 Å². The van der Waals surface area contributed by atoms with Crippen molar-refractivity contribution < 1.29 is 13.2 Å². The number of sulfonamides is 1. The van der Waals surface area contributed by atoms with E-state index in [9.17, 15) is 13.2 Å². The molecule has 2 aromatic rings. The largest absolute Gasteiger partial charge is 0.323 e. The van der Waals surface area contributed by atoms with Gasteiger partial charge < -0.3 is 10.6 Å². The third kappa shape index (κ3) is 5.09. The Bertz CT molecular complexity index is 819. The number of urea groups is 1. The highest BCUT2D eigenvalue weighted by atomic mass is 35.5. The van der Waals surface area contributed by atoms with E-state index in [1.165, 1.54) is 30.3 Å². The van der Waals surface area contributed by atoms with Crippen LogP contribution in [-0.2, 0) is 10.0 Å². The number of nitrogens with one attached hydrogen (secondary N) is 3. The van der Waals surface area contributed by atoms with Crippen LogP contribution in [0.3, 0.4) is 0 Å². The van der Waals surface area contributed by atoms with Crippen LogP contribution in [0, 0.1) is 0 Å². The summed E-state index contributed by atoms with van der Waals surface area (Å²) < 4.78 is 26.2. The zero-order chi connectivity index (χ0) is 17.6. The molecule has 0 aliphatic carbocycles. The van der Waals surface area contributed by atoms with Crippen molar-refractivity contribution in [3.8, 4) is 0 Å². The number of amides is 2. The summed E-state index contributed by atoms with van der Waals surface area (Å²) in [5.41, 5.74) is 1.05. The minimum Gasteiger partial charge on any atom is -0.308 e. The highest BCUT2D eigenvalue weighted by Gasteiger charge is 2.12. The lowest BCUT2D eigenvalue weighted by molar-refractivity contribution is 0.262. The van der Waals surface area contributed by atoms with Crippen molar-refractivity contribution in [2.75, 3.05) is 17.2 Å². The molecule has 0 aliphatic rings. The Morgan fingerprint density at radius 3 is 2.00 bits per heavy atom. The summed E-state index contributed by atoms with van der Waals surface area (Å²) in [5.74, 6) is 0. The minimum atomic E-state index is -3.58. The van der Waals surface area contributed by atoms with Gasteiger partial charge in [0.1, 0.15) is 0 Å². The van der Waals surface area contributed by atoms with E-state index < -0.39 is 16.1 Å². The molecule has 0 aliphatic heterocycles. The highest BCUT2D eigenvalue weighted by Crippen LogP contribution is 2.16. The molecule has 0 unspecified atom stereocenters. The first kappa shape index (κ1) is 18.0. The van der Waals surface area contributed by atoms with Crippen molar-refractivity contribution in [2.45, 2.75) is 4.90 Å². The number of anilines is 2. The fourth-order valence-corrected chi connectivity index (χ4v) is 2.92. The molecule has 8 heteroatoms. The number of hydrogen-bond acceptors (Lipinski definition) is 3. The Labute approximate surface area is 145 Å². The summed E-state index contributed by atoms with van der Waals surface area (Å²) in [4.78, 5) is 12.0. The van der Waals surface area contributed by atoms with Crippen LogP contribution in [0.25, 0.3) is 0 Å². The molecule has 0 saturated heterocycles. The van der Waals surface area contributed by atoms with Gasteiger partial charge in [0.25, 0.3) is 0 Å². The highest BCUT2D eigenvalue weighted by molar-refractivity contribution is 7.89. The number of hydrogen-bond donors (Lipinski definition) is 3. The van der Waals surface area contributed by atoms with Gasteiger partial charge in [0.05, 0.1) is 4.90 Å². The Morgan fingerprint density at radius 2 is 1.50 bits per heavy atom. The van der Waals surface area contributed by atoms with E-state index in [4.69, 9.17) is 11.6 Å². The standard InChI is InChI=1S/C16H16ClN3O3S/c1-2-11-18-24(22,23)15-9-7-14(8-10-15)20-16(21)19-13-5-3-12(17)4-6-13/h2-10,18H,1,11H2,(H2,19,20,21). The van der Waals surface area contributed by atoms with Crippen LogP contribution < -0.4 is 15.4 Å². The predicted molar refractivity (Wildman–Crippen MR) is 95.9 cm³/mol. The SMILES string of the molecule is C=CCNS(=O)(=O)c1ccc(NC(=O)Nc2ccc(Cl)cc2)cc1. The second-order valence-electron chi connectivity index (χ2n) is 4.75. The summed E-state index contributed by atoms with van der Waals surface area (Å²) in [5, 5.41) is 5.82. The lowest BCUT2D eigenvalue weighted by Crippen LogP contribution is -2.23. The molecule has 0 aromatic heterocycles. The molecule has 0 bridgehead atoms. The Balaban J connectivity index is 1.99.